The first-order chi connectivity index (χ1) is 13.1. The van der Waals surface area contributed by atoms with Gasteiger partial charge in [-0.15, -0.1) is 0 Å². The predicted molar refractivity (Wildman–Crippen MR) is 100 cm³/mol. The highest BCUT2D eigenvalue weighted by Crippen LogP contribution is 2.31. The van der Waals surface area contributed by atoms with E-state index in [9.17, 15) is 14.9 Å². The van der Waals surface area contributed by atoms with Crippen molar-refractivity contribution < 1.29 is 14.5 Å². The molecule has 0 radical (unpaired) electrons. The second-order valence-corrected chi connectivity index (χ2v) is 6.36. The van der Waals surface area contributed by atoms with Gasteiger partial charge in [0.25, 0.3) is 11.6 Å². The molecule has 0 saturated carbocycles. The molecule has 0 spiro atoms. The standard InChI is InChI=1S/C19H18N4O4/c24-19-18(20-14-5-7-15(8-6-14)23(25)26)16-3-1-2-4-17(16)22(19)13-21-9-11-27-12-10-21/h1-8H,9-13H2. The fraction of sp³-hybridized carbons (Fsp3) is 0.263. The quantitative estimate of drug-likeness (QED) is 0.612. The number of nitro groups is 1. The number of aliphatic imine (C=N–C) groups is 1. The zero-order valence-corrected chi connectivity index (χ0v) is 14.6. The lowest BCUT2D eigenvalue weighted by molar-refractivity contribution is -0.384. The molecule has 0 aliphatic carbocycles. The number of nitrogens with zero attached hydrogens (tertiary/aromatic N) is 4. The first-order valence-corrected chi connectivity index (χ1v) is 8.68. The van der Waals surface area contributed by atoms with Crippen molar-refractivity contribution in [3.8, 4) is 0 Å². The Labute approximate surface area is 155 Å². The minimum Gasteiger partial charge on any atom is -0.379 e. The van der Waals surface area contributed by atoms with Crippen molar-refractivity contribution in [1.82, 2.24) is 4.90 Å². The molecule has 0 unspecified atom stereocenters. The number of para-hydroxylation sites is 1. The number of carbonyl (C=O) groups is 1. The van der Waals surface area contributed by atoms with Crippen LogP contribution in [0.4, 0.5) is 17.1 Å². The number of morpholine rings is 1. The number of amides is 1. The molecule has 8 heteroatoms. The number of ether oxygens (including phenoxy) is 1. The molecule has 8 nitrogen and oxygen atoms in total. The van der Waals surface area contributed by atoms with Crippen LogP contribution >= 0.6 is 0 Å². The van der Waals surface area contributed by atoms with Crippen molar-refractivity contribution >= 4 is 28.7 Å². The third-order valence-electron chi connectivity index (χ3n) is 4.64. The molecule has 0 atom stereocenters. The van der Waals surface area contributed by atoms with Crippen LogP contribution in [0.25, 0.3) is 0 Å². The number of rotatable bonds is 4. The number of carbonyl (C=O) groups excluding carboxylic acids is 1. The molecule has 0 bridgehead atoms. The van der Waals surface area contributed by atoms with Gasteiger partial charge in [0.2, 0.25) is 0 Å². The first-order valence-electron chi connectivity index (χ1n) is 8.68. The summed E-state index contributed by atoms with van der Waals surface area (Å²) in [6.45, 7) is 3.36. The van der Waals surface area contributed by atoms with Crippen molar-refractivity contribution in [2.45, 2.75) is 0 Å². The maximum Gasteiger partial charge on any atom is 0.278 e. The molecule has 0 aromatic heterocycles. The molecule has 27 heavy (non-hydrogen) atoms. The van der Waals surface area contributed by atoms with Crippen LogP contribution < -0.4 is 4.90 Å². The summed E-state index contributed by atoms with van der Waals surface area (Å²) in [6, 6.07) is 13.4. The molecule has 1 amide bonds. The second-order valence-electron chi connectivity index (χ2n) is 6.36. The summed E-state index contributed by atoms with van der Waals surface area (Å²) in [5.41, 5.74) is 2.45. The lowest BCUT2D eigenvalue weighted by Gasteiger charge is -2.30. The molecule has 1 saturated heterocycles. The highest BCUT2D eigenvalue weighted by atomic mass is 16.6. The fourth-order valence-corrected chi connectivity index (χ4v) is 3.23. The Hall–Kier alpha value is -3.10. The Morgan fingerprint density at radius 2 is 1.78 bits per heavy atom. The Morgan fingerprint density at radius 1 is 1.07 bits per heavy atom. The average Bonchev–Trinajstić information content (AvgIpc) is 2.95. The maximum atomic E-state index is 13.0. The number of fused-ring (bicyclic) bond motifs is 1. The van der Waals surface area contributed by atoms with Gasteiger partial charge < -0.3 is 4.74 Å². The summed E-state index contributed by atoms with van der Waals surface area (Å²) in [4.78, 5) is 31.8. The third kappa shape index (κ3) is 3.44. The first kappa shape index (κ1) is 17.3. The highest BCUT2D eigenvalue weighted by Gasteiger charge is 2.34. The van der Waals surface area contributed by atoms with E-state index < -0.39 is 4.92 Å². The summed E-state index contributed by atoms with van der Waals surface area (Å²) in [7, 11) is 0. The molecule has 138 valence electrons. The molecule has 0 N–H and O–H groups in total. The Balaban J connectivity index is 1.65. The molecule has 4 rings (SSSR count). The van der Waals surface area contributed by atoms with Gasteiger partial charge in [-0.25, -0.2) is 4.99 Å². The topological polar surface area (TPSA) is 88.3 Å². The van der Waals surface area contributed by atoms with Crippen molar-refractivity contribution in [3.63, 3.8) is 0 Å². The number of non-ortho nitro benzene ring substituents is 1. The van der Waals surface area contributed by atoms with Gasteiger partial charge in [-0.1, -0.05) is 18.2 Å². The Bertz CT molecular complexity index is 904. The van der Waals surface area contributed by atoms with Crippen LogP contribution in [0.3, 0.4) is 0 Å². The molecule has 2 aliphatic rings. The second kappa shape index (κ2) is 7.26. The van der Waals surface area contributed by atoms with E-state index in [0.29, 0.717) is 31.3 Å². The van der Waals surface area contributed by atoms with E-state index in [-0.39, 0.29) is 11.6 Å². The van der Waals surface area contributed by atoms with Crippen LogP contribution in [-0.4, -0.2) is 54.4 Å². The number of hydrogen-bond donors (Lipinski definition) is 0. The average molecular weight is 366 g/mol. The minimum absolute atomic E-state index is 0.00829. The lowest BCUT2D eigenvalue weighted by atomic mass is 10.1. The smallest absolute Gasteiger partial charge is 0.278 e. The van der Waals surface area contributed by atoms with Gasteiger partial charge in [0.05, 0.1) is 36.2 Å². The van der Waals surface area contributed by atoms with Crippen molar-refractivity contribution in [2.24, 2.45) is 4.99 Å². The van der Waals surface area contributed by atoms with Gasteiger partial charge >= 0.3 is 0 Å². The Morgan fingerprint density at radius 3 is 2.48 bits per heavy atom. The van der Waals surface area contributed by atoms with Gasteiger partial charge in [0.1, 0.15) is 5.71 Å². The monoisotopic (exact) mass is 366 g/mol. The predicted octanol–water partition coefficient (Wildman–Crippen LogP) is 2.35. The fourth-order valence-electron chi connectivity index (χ4n) is 3.23. The van der Waals surface area contributed by atoms with Crippen LogP contribution in [0, 0.1) is 10.1 Å². The number of nitro benzene ring substituents is 1. The normalized spacial score (nSPS) is 18.7. The molecule has 2 heterocycles. The van der Waals surface area contributed by atoms with E-state index in [2.05, 4.69) is 9.89 Å². The minimum atomic E-state index is -0.461. The Kier molecular flexibility index (Phi) is 4.66. The molecule has 2 aromatic carbocycles. The van der Waals surface area contributed by atoms with Crippen LogP contribution in [0.1, 0.15) is 5.56 Å². The van der Waals surface area contributed by atoms with E-state index in [0.717, 1.165) is 24.3 Å². The molecular formula is C19H18N4O4. The van der Waals surface area contributed by atoms with Crippen LogP contribution in [0.15, 0.2) is 53.5 Å². The van der Waals surface area contributed by atoms with Gasteiger partial charge in [-0.3, -0.25) is 24.7 Å². The molecule has 2 aliphatic heterocycles. The van der Waals surface area contributed by atoms with E-state index in [1.165, 1.54) is 12.1 Å². The van der Waals surface area contributed by atoms with Crippen LogP contribution in [0.2, 0.25) is 0 Å². The van der Waals surface area contributed by atoms with Gasteiger partial charge in [0.15, 0.2) is 0 Å². The largest absolute Gasteiger partial charge is 0.379 e. The summed E-state index contributed by atoms with van der Waals surface area (Å²) < 4.78 is 5.37. The summed E-state index contributed by atoms with van der Waals surface area (Å²) in [5, 5.41) is 10.8. The summed E-state index contributed by atoms with van der Waals surface area (Å²) in [6.07, 6.45) is 0. The van der Waals surface area contributed by atoms with Crippen LogP contribution in [0.5, 0.6) is 0 Å². The number of anilines is 1. The molecular weight excluding hydrogens is 348 g/mol. The highest BCUT2D eigenvalue weighted by molar-refractivity contribution is 6.54. The van der Waals surface area contributed by atoms with E-state index in [4.69, 9.17) is 4.74 Å². The molecule has 1 fully saturated rings. The van der Waals surface area contributed by atoms with Gasteiger partial charge in [-0.05, 0) is 18.2 Å². The zero-order chi connectivity index (χ0) is 18.8. The number of hydrogen-bond acceptors (Lipinski definition) is 6. The lowest BCUT2D eigenvalue weighted by Crippen LogP contribution is -2.45. The van der Waals surface area contributed by atoms with Gasteiger partial charge in [0, 0.05) is 30.8 Å². The zero-order valence-electron chi connectivity index (χ0n) is 14.6. The maximum absolute atomic E-state index is 13.0. The van der Waals surface area contributed by atoms with Gasteiger partial charge in [-0.2, -0.15) is 0 Å². The summed E-state index contributed by atoms with van der Waals surface area (Å²) >= 11 is 0. The van der Waals surface area contributed by atoms with Crippen molar-refractivity contribution in [2.75, 3.05) is 37.9 Å². The van der Waals surface area contributed by atoms with E-state index >= 15 is 0 Å². The molecule has 2 aromatic rings. The van der Waals surface area contributed by atoms with Crippen LogP contribution in [-0.2, 0) is 9.53 Å². The van der Waals surface area contributed by atoms with Crippen molar-refractivity contribution in [1.29, 1.82) is 0 Å². The van der Waals surface area contributed by atoms with E-state index in [1.54, 1.807) is 17.0 Å². The van der Waals surface area contributed by atoms with E-state index in [1.807, 2.05) is 24.3 Å². The SMILES string of the molecule is O=C1C(=Nc2ccc([N+](=O)[O-])cc2)c2ccccc2N1CN1CCOCC1. The third-order valence-corrected chi connectivity index (χ3v) is 4.64. The van der Waals surface area contributed by atoms with Crippen molar-refractivity contribution in [3.05, 3.63) is 64.2 Å². The number of benzene rings is 2. The summed E-state index contributed by atoms with van der Waals surface area (Å²) in [5.74, 6) is -0.166.